The molecule has 18 heavy (non-hydrogen) atoms. The van der Waals surface area contributed by atoms with E-state index in [0.717, 1.165) is 4.47 Å². The first kappa shape index (κ1) is 15.0. The number of halogens is 1. The maximum atomic E-state index is 11.6. The van der Waals surface area contributed by atoms with E-state index in [1.807, 2.05) is 26.0 Å². The summed E-state index contributed by atoms with van der Waals surface area (Å²) in [5, 5.41) is 11.8. The minimum absolute atomic E-state index is 0.0507. The Labute approximate surface area is 115 Å². The van der Waals surface area contributed by atoms with Crippen LogP contribution in [0.3, 0.4) is 0 Å². The van der Waals surface area contributed by atoms with Crippen molar-refractivity contribution in [3.63, 3.8) is 0 Å². The molecule has 0 heterocycles. The lowest BCUT2D eigenvalue weighted by molar-refractivity contribution is -0.124. The van der Waals surface area contributed by atoms with Crippen molar-refractivity contribution in [2.75, 3.05) is 13.2 Å². The van der Waals surface area contributed by atoms with Crippen molar-refractivity contribution < 1.29 is 14.6 Å². The van der Waals surface area contributed by atoms with Crippen LogP contribution in [0.1, 0.15) is 13.8 Å². The van der Waals surface area contributed by atoms with Crippen LogP contribution in [0.2, 0.25) is 0 Å². The van der Waals surface area contributed by atoms with Gasteiger partial charge in [-0.3, -0.25) is 4.79 Å². The second kappa shape index (κ2) is 7.38. The Morgan fingerprint density at radius 2 is 2.00 bits per heavy atom. The van der Waals surface area contributed by atoms with Crippen LogP contribution in [-0.2, 0) is 4.79 Å². The van der Waals surface area contributed by atoms with E-state index in [9.17, 15) is 4.79 Å². The molecule has 4 nitrogen and oxygen atoms in total. The van der Waals surface area contributed by atoms with Gasteiger partial charge in [-0.25, -0.2) is 0 Å². The maximum absolute atomic E-state index is 11.6. The molecule has 1 rings (SSSR count). The van der Waals surface area contributed by atoms with E-state index in [4.69, 9.17) is 9.84 Å². The van der Waals surface area contributed by atoms with E-state index in [-0.39, 0.29) is 31.1 Å². The van der Waals surface area contributed by atoms with Gasteiger partial charge in [-0.05, 0) is 30.2 Å². The number of rotatable bonds is 6. The number of aliphatic hydroxyl groups excluding tert-OH is 1. The van der Waals surface area contributed by atoms with Crippen LogP contribution in [0.15, 0.2) is 28.7 Å². The molecular formula is C13H18BrNO3. The molecular weight excluding hydrogens is 298 g/mol. The van der Waals surface area contributed by atoms with Crippen molar-refractivity contribution in [1.29, 1.82) is 0 Å². The molecule has 1 aromatic rings. The molecule has 0 spiro atoms. The largest absolute Gasteiger partial charge is 0.484 e. The Kier molecular flexibility index (Phi) is 6.15. The fourth-order valence-electron chi connectivity index (χ4n) is 1.35. The van der Waals surface area contributed by atoms with E-state index in [2.05, 4.69) is 21.2 Å². The first-order valence-corrected chi connectivity index (χ1v) is 6.61. The lowest BCUT2D eigenvalue weighted by Gasteiger charge is -2.19. The number of aliphatic hydroxyl groups is 1. The van der Waals surface area contributed by atoms with Gasteiger partial charge in [0.25, 0.3) is 5.91 Å². The summed E-state index contributed by atoms with van der Waals surface area (Å²) in [6.07, 6.45) is 0. The van der Waals surface area contributed by atoms with E-state index in [1.54, 1.807) is 12.1 Å². The molecule has 1 amide bonds. The Hall–Kier alpha value is -1.07. The molecule has 0 aliphatic rings. The highest BCUT2D eigenvalue weighted by molar-refractivity contribution is 9.10. The summed E-state index contributed by atoms with van der Waals surface area (Å²) in [4.78, 5) is 11.6. The highest BCUT2D eigenvalue weighted by atomic mass is 79.9. The van der Waals surface area contributed by atoms with Crippen LogP contribution in [0.5, 0.6) is 5.75 Å². The second-order valence-corrected chi connectivity index (χ2v) is 5.26. The number of carbonyl (C=O) groups is 1. The van der Waals surface area contributed by atoms with Gasteiger partial charge in [-0.2, -0.15) is 0 Å². The molecule has 1 aromatic carbocycles. The van der Waals surface area contributed by atoms with Gasteiger partial charge < -0.3 is 15.2 Å². The lowest BCUT2D eigenvalue weighted by atomic mass is 10.1. The van der Waals surface area contributed by atoms with Crippen molar-refractivity contribution >= 4 is 21.8 Å². The summed E-state index contributed by atoms with van der Waals surface area (Å²) in [6.45, 7) is 3.76. The Balaban J connectivity index is 2.39. The smallest absolute Gasteiger partial charge is 0.258 e. The monoisotopic (exact) mass is 315 g/mol. The number of carbonyl (C=O) groups excluding carboxylic acids is 1. The molecule has 100 valence electrons. The number of hydrogen-bond acceptors (Lipinski definition) is 3. The van der Waals surface area contributed by atoms with Gasteiger partial charge >= 0.3 is 0 Å². The lowest BCUT2D eigenvalue weighted by Crippen LogP contribution is -2.43. The average Bonchev–Trinajstić information content (AvgIpc) is 2.35. The predicted molar refractivity (Wildman–Crippen MR) is 73.5 cm³/mol. The summed E-state index contributed by atoms with van der Waals surface area (Å²) in [5.74, 6) is 0.593. The molecule has 0 radical (unpaired) electrons. The van der Waals surface area contributed by atoms with Gasteiger partial charge in [0.2, 0.25) is 0 Å². The zero-order chi connectivity index (χ0) is 13.5. The molecule has 0 aromatic heterocycles. The molecule has 0 aliphatic heterocycles. The van der Waals surface area contributed by atoms with Gasteiger partial charge in [0.1, 0.15) is 5.75 Å². The van der Waals surface area contributed by atoms with Crippen LogP contribution in [0.4, 0.5) is 0 Å². The van der Waals surface area contributed by atoms with Crippen LogP contribution in [0, 0.1) is 5.92 Å². The molecule has 0 aliphatic carbocycles. The number of nitrogens with one attached hydrogen (secondary N) is 1. The van der Waals surface area contributed by atoms with Crippen LogP contribution in [0.25, 0.3) is 0 Å². The minimum Gasteiger partial charge on any atom is -0.484 e. The molecule has 1 atom stereocenters. The van der Waals surface area contributed by atoms with Crippen molar-refractivity contribution in [1.82, 2.24) is 5.32 Å². The normalized spacial score (nSPS) is 12.3. The summed E-state index contributed by atoms with van der Waals surface area (Å²) in [5.41, 5.74) is 0. The summed E-state index contributed by atoms with van der Waals surface area (Å²) < 4.78 is 6.29. The zero-order valence-corrected chi connectivity index (χ0v) is 12.1. The third kappa shape index (κ3) is 5.06. The molecule has 1 unspecified atom stereocenters. The first-order chi connectivity index (χ1) is 8.52. The van der Waals surface area contributed by atoms with E-state index >= 15 is 0 Å². The Morgan fingerprint density at radius 1 is 1.39 bits per heavy atom. The quantitative estimate of drug-likeness (QED) is 0.843. The topological polar surface area (TPSA) is 58.6 Å². The Bertz CT molecular complexity index is 378. The van der Waals surface area contributed by atoms with Gasteiger partial charge in [0.05, 0.1) is 12.6 Å². The first-order valence-electron chi connectivity index (χ1n) is 5.81. The highest BCUT2D eigenvalue weighted by Gasteiger charge is 2.15. The van der Waals surface area contributed by atoms with Gasteiger partial charge in [-0.1, -0.05) is 29.8 Å². The maximum Gasteiger partial charge on any atom is 0.258 e. The average molecular weight is 316 g/mol. The minimum atomic E-state index is -0.231. The predicted octanol–water partition coefficient (Wildman–Crippen LogP) is 1.96. The van der Waals surface area contributed by atoms with Gasteiger partial charge in [0.15, 0.2) is 6.61 Å². The van der Waals surface area contributed by atoms with Gasteiger partial charge in [-0.15, -0.1) is 0 Å². The van der Waals surface area contributed by atoms with Crippen LogP contribution >= 0.6 is 15.9 Å². The van der Waals surface area contributed by atoms with Crippen molar-refractivity contribution in [3.8, 4) is 5.75 Å². The molecule has 5 heteroatoms. The van der Waals surface area contributed by atoms with Crippen LogP contribution in [-0.4, -0.2) is 30.3 Å². The third-order valence-corrected chi connectivity index (χ3v) is 3.06. The van der Waals surface area contributed by atoms with Crippen LogP contribution < -0.4 is 10.1 Å². The number of ether oxygens (including phenoxy) is 1. The standard InChI is InChI=1S/C13H18BrNO3/c1-9(2)12(7-16)15-13(17)8-18-11-5-3-10(14)4-6-11/h3-6,9,12,16H,7-8H2,1-2H3,(H,15,17). The summed E-state index contributed by atoms with van der Waals surface area (Å²) >= 11 is 3.32. The van der Waals surface area contributed by atoms with E-state index < -0.39 is 0 Å². The fourth-order valence-corrected chi connectivity index (χ4v) is 1.62. The Morgan fingerprint density at radius 3 is 2.50 bits per heavy atom. The van der Waals surface area contributed by atoms with Crippen molar-refractivity contribution in [3.05, 3.63) is 28.7 Å². The van der Waals surface area contributed by atoms with E-state index in [0.29, 0.717) is 5.75 Å². The van der Waals surface area contributed by atoms with Crippen molar-refractivity contribution in [2.45, 2.75) is 19.9 Å². The SMILES string of the molecule is CC(C)C(CO)NC(=O)COc1ccc(Br)cc1. The number of hydrogen-bond donors (Lipinski definition) is 2. The fraction of sp³-hybridized carbons (Fsp3) is 0.462. The zero-order valence-electron chi connectivity index (χ0n) is 10.5. The molecule has 0 bridgehead atoms. The van der Waals surface area contributed by atoms with E-state index in [1.165, 1.54) is 0 Å². The number of amides is 1. The summed E-state index contributed by atoms with van der Waals surface area (Å²) in [7, 11) is 0. The van der Waals surface area contributed by atoms with Crippen molar-refractivity contribution in [2.24, 2.45) is 5.92 Å². The van der Waals surface area contributed by atoms with Gasteiger partial charge in [0, 0.05) is 4.47 Å². The second-order valence-electron chi connectivity index (χ2n) is 4.34. The number of benzene rings is 1. The molecule has 2 N–H and O–H groups in total. The summed E-state index contributed by atoms with van der Waals surface area (Å²) in [6, 6.07) is 7.02. The third-order valence-electron chi connectivity index (χ3n) is 2.53. The molecule has 0 fully saturated rings. The highest BCUT2D eigenvalue weighted by Crippen LogP contribution is 2.15. The molecule has 0 saturated carbocycles. The molecule has 0 saturated heterocycles.